The van der Waals surface area contributed by atoms with Crippen molar-refractivity contribution in [3.05, 3.63) is 54.4 Å². The second-order valence-corrected chi connectivity index (χ2v) is 4.36. The first-order valence-corrected chi connectivity index (χ1v) is 6.29. The largest absolute Gasteiger partial charge is 0.328 e. The van der Waals surface area contributed by atoms with Crippen LogP contribution in [0.3, 0.4) is 0 Å². The lowest BCUT2D eigenvalue weighted by molar-refractivity contribution is 0.102. The molecule has 0 aliphatic rings. The second kappa shape index (κ2) is 4.68. The van der Waals surface area contributed by atoms with Crippen molar-refractivity contribution in [1.82, 2.24) is 19.2 Å². The summed E-state index contributed by atoms with van der Waals surface area (Å²) in [6.45, 7) is 2.86. The second-order valence-electron chi connectivity index (χ2n) is 4.36. The van der Waals surface area contributed by atoms with Crippen molar-refractivity contribution in [3.63, 3.8) is 0 Å². The van der Waals surface area contributed by atoms with Gasteiger partial charge in [0, 0.05) is 25.1 Å². The molecule has 0 fully saturated rings. The summed E-state index contributed by atoms with van der Waals surface area (Å²) in [5, 5.41) is 4.18. The Morgan fingerprint density at radius 1 is 1.32 bits per heavy atom. The molecule has 0 unspecified atom stereocenters. The van der Waals surface area contributed by atoms with Gasteiger partial charge in [0.15, 0.2) is 5.82 Å². The number of nitrogens with zero attached hydrogens (tertiary/aromatic N) is 4. The van der Waals surface area contributed by atoms with Gasteiger partial charge in [0.1, 0.15) is 0 Å². The first-order chi connectivity index (χ1) is 9.31. The molecule has 0 aliphatic heterocycles. The fraction of sp³-hybridized carbons (Fsp3) is 0.214. The monoisotopic (exact) mass is 254 g/mol. The zero-order valence-corrected chi connectivity index (χ0v) is 10.7. The topological polar surface area (TPSA) is 52.2 Å². The molecule has 5 heteroatoms. The molecule has 0 radical (unpaired) electrons. The van der Waals surface area contributed by atoms with E-state index in [-0.39, 0.29) is 5.78 Å². The number of rotatable bonds is 4. The summed E-state index contributed by atoms with van der Waals surface area (Å²) in [4.78, 5) is 16.7. The van der Waals surface area contributed by atoms with Gasteiger partial charge in [0.05, 0.1) is 17.3 Å². The van der Waals surface area contributed by atoms with Crippen molar-refractivity contribution in [2.24, 2.45) is 0 Å². The third-order valence-corrected chi connectivity index (χ3v) is 3.05. The maximum atomic E-state index is 12.5. The molecule has 0 aliphatic carbocycles. The highest BCUT2D eigenvalue weighted by Gasteiger charge is 2.18. The average molecular weight is 254 g/mol. The minimum Gasteiger partial charge on any atom is -0.328 e. The molecule has 19 heavy (non-hydrogen) atoms. The van der Waals surface area contributed by atoms with Crippen LogP contribution in [0.1, 0.15) is 29.5 Å². The number of pyridine rings is 1. The van der Waals surface area contributed by atoms with E-state index in [0.717, 1.165) is 18.5 Å². The molecule has 0 aromatic carbocycles. The molecule has 0 saturated carbocycles. The molecule has 0 N–H and O–H groups in total. The van der Waals surface area contributed by atoms with Crippen molar-refractivity contribution < 1.29 is 4.79 Å². The van der Waals surface area contributed by atoms with E-state index < -0.39 is 0 Å². The standard InChI is InChI=1S/C14H14N4O/c1-2-7-17-9-6-15-14(17)13(19)11-10-16-18-8-4-3-5-12(11)18/h3-6,8-10H,2,7H2,1H3. The predicted molar refractivity (Wildman–Crippen MR) is 71.1 cm³/mol. The van der Waals surface area contributed by atoms with E-state index in [4.69, 9.17) is 0 Å². The molecule has 0 saturated heterocycles. The zero-order valence-electron chi connectivity index (χ0n) is 10.7. The predicted octanol–water partition coefficient (Wildman–Crippen LogP) is 2.17. The Balaban J connectivity index is 2.06. The number of imidazole rings is 1. The van der Waals surface area contributed by atoms with Crippen LogP contribution in [0.25, 0.3) is 5.52 Å². The molecule has 3 aromatic heterocycles. The smallest absolute Gasteiger partial charge is 0.232 e. The van der Waals surface area contributed by atoms with Gasteiger partial charge in [-0.1, -0.05) is 13.0 Å². The first-order valence-electron chi connectivity index (χ1n) is 6.29. The third-order valence-electron chi connectivity index (χ3n) is 3.05. The minimum absolute atomic E-state index is 0.0837. The van der Waals surface area contributed by atoms with Gasteiger partial charge in [-0.3, -0.25) is 4.79 Å². The fourth-order valence-corrected chi connectivity index (χ4v) is 2.17. The highest BCUT2D eigenvalue weighted by Crippen LogP contribution is 2.14. The maximum absolute atomic E-state index is 12.5. The molecule has 0 bridgehead atoms. The Hall–Kier alpha value is -2.43. The number of ketones is 1. The fourth-order valence-electron chi connectivity index (χ4n) is 2.17. The van der Waals surface area contributed by atoms with Gasteiger partial charge in [0.2, 0.25) is 5.78 Å². The number of hydrogen-bond donors (Lipinski definition) is 0. The Labute approximate surface area is 110 Å². The van der Waals surface area contributed by atoms with Gasteiger partial charge in [-0.05, 0) is 18.6 Å². The van der Waals surface area contributed by atoms with Crippen molar-refractivity contribution in [2.75, 3.05) is 0 Å². The van der Waals surface area contributed by atoms with Gasteiger partial charge in [-0.2, -0.15) is 5.10 Å². The van der Waals surface area contributed by atoms with Crippen LogP contribution in [-0.2, 0) is 6.54 Å². The zero-order chi connectivity index (χ0) is 13.2. The number of carbonyl (C=O) groups is 1. The van der Waals surface area contributed by atoms with E-state index in [2.05, 4.69) is 17.0 Å². The highest BCUT2D eigenvalue weighted by atomic mass is 16.1. The number of hydrogen-bond acceptors (Lipinski definition) is 3. The van der Waals surface area contributed by atoms with Crippen molar-refractivity contribution >= 4 is 11.3 Å². The molecule has 96 valence electrons. The molecular formula is C14H14N4O. The molecule has 5 nitrogen and oxygen atoms in total. The molecule has 0 spiro atoms. The Morgan fingerprint density at radius 2 is 2.21 bits per heavy atom. The van der Waals surface area contributed by atoms with Gasteiger partial charge in [-0.25, -0.2) is 9.50 Å². The summed E-state index contributed by atoms with van der Waals surface area (Å²) in [6, 6.07) is 5.66. The van der Waals surface area contributed by atoms with E-state index >= 15 is 0 Å². The van der Waals surface area contributed by atoms with Gasteiger partial charge in [0.25, 0.3) is 0 Å². The highest BCUT2D eigenvalue weighted by molar-refractivity contribution is 6.11. The van der Waals surface area contributed by atoms with Gasteiger partial charge < -0.3 is 4.57 Å². The van der Waals surface area contributed by atoms with Crippen LogP contribution in [0, 0.1) is 0 Å². The number of aromatic nitrogens is 4. The van der Waals surface area contributed by atoms with Crippen LogP contribution in [0.5, 0.6) is 0 Å². The molecule has 0 amide bonds. The van der Waals surface area contributed by atoms with Crippen molar-refractivity contribution in [1.29, 1.82) is 0 Å². The summed E-state index contributed by atoms with van der Waals surface area (Å²) in [7, 11) is 0. The summed E-state index contributed by atoms with van der Waals surface area (Å²) in [5.41, 5.74) is 1.39. The average Bonchev–Trinajstić information content (AvgIpc) is 3.04. The molecule has 3 heterocycles. The molecule has 3 aromatic rings. The van der Waals surface area contributed by atoms with Crippen LogP contribution in [-0.4, -0.2) is 24.9 Å². The summed E-state index contributed by atoms with van der Waals surface area (Å²) in [6.07, 6.45) is 7.88. The van der Waals surface area contributed by atoms with Crippen molar-refractivity contribution in [2.45, 2.75) is 19.9 Å². The minimum atomic E-state index is -0.0837. The number of aryl methyl sites for hydroxylation is 1. The normalized spacial score (nSPS) is 11.0. The van der Waals surface area contributed by atoms with Crippen LogP contribution >= 0.6 is 0 Å². The van der Waals surface area contributed by atoms with E-state index in [9.17, 15) is 4.79 Å². The van der Waals surface area contributed by atoms with Gasteiger partial charge >= 0.3 is 0 Å². The van der Waals surface area contributed by atoms with Gasteiger partial charge in [-0.15, -0.1) is 0 Å². The van der Waals surface area contributed by atoms with Crippen LogP contribution in [0.2, 0.25) is 0 Å². The lowest BCUT2D eigenvalue weighted by Crippen LogP contribution is -2.11. The van der Waals surface area contributed by atoms with Crippen LogP contribution < -0.4 is 0 Å². The lowest BCUT2D eigenvalue weighted by Gasteiger charge is -2.04. The Morgan fingerprint density at radius 3 is 3.05 bits per heavy atom. The van der Waals surface area contributed by atoms with Crippen LogP contribution in [0.4, 0.5) is 0 Å². The van der Waals surface area contributed by atoms with E-state index in [0.29, 0.717) is 11.4 Å². The molecular weight excluding hydrogens is 240 g/mol. The Kier molecular flexibility index (Phi) is 2.87. The molecule has 3 rings (SSSR count). The quantitative estimate of drug-likeness (QED) is 0.670. The van der Waals surface area contributed by atoms with Crippen molar-refractivity contribution in [3.8, 4) is 0 Å². The summed E-state index contributed by atoms with van der Waals surface area (Å²) < 4.78 is 3.58. The Bertz CT molecular complexity index is 726. The lowest BCUT2D eigenvalue weighted by atomic mass is 10.1. The summed E-state index contributed by atoms with van der Waals surface area (Å²) in [5.74, 6) is 0.389. The maximum Gasteiger partial charge on any atom is 0.232 e. The molecule has 0 atom stereocenters. The first kappa shape index (κ1) is 11.6. The van der Waals surface area contributed by atoms with E-state index in [1.165, 1.54) is 0 Å². The number of carbonyl (C=O) groups excluding carboxylic acids is 1. The SMILES string of the molecule is CCCn1ccnc1C(=O)c1cnn2ccccc12. The van der Waals surface area contributed by atoms with Crippen LogP contribution in [0.15, 0.2) is 43.0 Å². The number of fused-ring (bicyclic) bond motifs is 1. The van der Waals surface area contributed by atoms with E-state index in [1.54, 1.807) is 16.9 Å². The van der Waals surface area contributed by atoms with E-state index in [1.807, 2.05) is 35.2 Å². The third kappa shape index (κ3) is 1.93. The summed E-state index contributed by atoms with van der Waals surface area (Å²) >= 11 is 0.